The summed E-state index contributed by atoms with van der Waals surface area (Å²) in [5, 5.41) is 25.5. The molecule has 0 saturated heterocycles. The normalized spacial score (nSPS) is 17.0. The first-order valence-corrected chi connectivity index (χ1v) is 15.3. The van der Waals surface area contributed by atoms with Crippen molar-refractivity contribution < 1.29 is 4.79 Å². The van der Waals surface area contributed by atoms with E-state index in [9.17, 15) is 10.1 Å². The zero-order valence-electron chi connectivity index (χ0n) is 20.4. The Hall–Kier alpha value is -2.15. The summed E-state index contributed by atoms with van der Waals surface area (Å²) in [4.78, 5) is 15.7. The molecule has 3 aromatic heterocycles. The fraction of sp³-hybridized carbons (Fsp3) is 0.538. The number of nitrogens with one attached hydrogen (secondary N) is 1. The van der Waals surface area contributed by atoms with Crippen molar-refractivity contribution in [3.05, 3.63) is 31.8 Å². The van der Waals surface area contributed by atoms with Crippen LogP contribution in [0.25, 0.3) is 11.4 Å². The van der Waals surface area contributed by atoms with Crippen molar-refractivity contribution in [3.63, 3.8) is 0 Å². The maximum absolute atomic E-state index is 12.9. The lowest BCUT2D eigenvalue weighted by molar-refractivity contribution is -0.113. The molecule has 0 aliphatic heterocycles. The molecule has 5 rings (SSSR count). The fourth-order valence-corrected chi connectivity index (χ4v) is 8.42. The minimum atomic E-state index is -0.0994. The summed E-state index contributed by atoms with van der Waals surface area (Å²) in [7, 11) is 0. The minimum Gasteiger partial charge on any atom is -0.316 e. The quantitative estimate of drug-likeness (QED) is 0.341. The third kappa shape index (κ3) is 4.93. The molecule has 0 bridgehead atoms. The summed E-state index contributed by atoms with van der Waals surface area (Å²) in [5.74, 6) is 1.75. The molecule has 0 radical (unpaired) electrons. The fourth-order valence-electron chi connectivity index (χ4n) is 5.20. The summed E-state index contributed by atoms with van der Waals surface area (Å²) in [6, 6.07) is 2.35. The molecular weight excluding hydrogens is 495 g/mol. The largest absolute Gasteiger partial charge is 0.316 e. The van der Waals surface area contributed by atoms with Crippen LogP contribution >= 0.6 is 34.4 Å². The molecule has 6 nitrogen and oxygen atoms in total. The van der Waals surface area contributed by atoms with Gasteiger partial charge in [-0.05, 0) is 68.4 Å². The van der Waals surface area contributed by atoms with E-state index in [1.54, 1.807) is 11.3 Å². The van der Waals surface area contributed by atoms with E-state index in [2.05, 4.69) is 45.4 Å². The van der Waals surface area contributed by atoms with Crippen molar-refractivity contribution in [1.82, 2.24) is 14.8 Å². The Morgan fingerprint density at radius 2 is 2.09 bits per heavy atom. The van der Waals surface area contributed by atoms with Gasteiger partial charge in [-0.25, -0.2) is 0 Å². The highest BCUT2D eigenvalue weighted by Crippen LogP contribution is 2.40. The molecule has 1 amide bonds. The number of nitriles is 1. The number of aryl methyl sites for hydroxylation is 1. The van der Waals surface area contributed by atoms with Crippen molar-refractivity contribution in [3.8, 4) is 17.5 Å². The molecule has 1 atom stereocenters. The van der Waals surface area contributed by atoms with Crippen LogP contribution in [-0.4, -0.2) is 26.4 Å². The molecule has 0 aromatic carbocycles. The number of amides is 1. The van der Waals surface area contributed by atoms with Gasteiger partial charge in [0.15, 0.2) is 11.0 Å². The predicted octanol–water partition coefficient (Wildman–Crippen LogP) is 6.47. The van der Waals surface area contributed by atoms with Crippen LogP contribution in [0.1, 0.15) is 72.4 Å². The van der Waals surface area contributed by atoms with Gasteiger partial charge in [-0.2, -0.15) is 5.26 Å². The van der Waals surface area contributed by atoms with Crippen LogP contribution in [0.4, 0.5) is 5.00 Å². The van der Waals surface area contributed by atoms with Gasteiger partial charge in [0.1, 0.15) is 11.1 Å². The van der Waals surface area contributed by atoms with Gasteiger partial charge in [-0.1, -0.05) is 32.0 Å². The van der Waals surface area contributed by atoms with Gasteiger partial charge in [0.25, 0.3) is 0 Å². The van der Waals surface area contributed by atoms with Crippen LogP contribution in [0.5, 0.6) is 0 Å². The molecule has 3 aromatic rings. The van der Waals surface area contributed by atoms with Crippen molar-refractivity contribution in [2.75, 3.05) is 11.1 Å². The number of fused-ring (bicyclic) bond motifs is 2. The predicted molar refractivity (Wildman–Crippen MR) is 144 cm³/mol. The number of hydrogen-bond acceptors (Lipinski definition) is 7. The summed E-state index contributed by atoms with van der Waals surface area (Å²) >= 11 is 4.85. The van der Waals surface area contributed by atoms with Crippen LogP contribution in [0.3, 0.4) is 0 Å². The number of rotatable bonds is 8. The topological polar surface area (TPSA) is 83.6 Å². The molecule has 1 N–H and O–H groups in total. The number of aromatic nitrogens is 3. The maximum Gasteiger partial charge on any atom is 0.235 e. The number of anilines is 1. The lowest BCUT2D eigenvalue weighted by Crippen LogP contribution is -2.15. The van der Waals surface area contributed by atoms with E-state index in [-0.39, 0.29) is 11.7 Å². The van der Waals surface area contributed by atoms with Gasteiger partial charge >= 0.3 is 0 Å². The number of carbonyl (C=O) groups excluding carboxylic acids is 1. The van der Waals surface area contributed by atoms with Crippen molar-refractivity contribution in [2.24, 2.45) is 5.92 Å². The summed E-state index contributed by atoms with van der Waals surface area (Å²) in [6.07, 6.45) is 10.00. The highest BCUT2D eigenvalue weighted by Gasteiger charge is 2.26. The summed E-state index contributed by atoms with van der Waals surface area (Å²) in [5.41, 5.74) is 4.47. The third-order valence-corrected chi connectivity index (χ3v) is 10.3. The van der Waals surface area contributed by atoms with E-state index in [0.717, 1.165) is 61.6 Å². The zero-order chi connectivity index (χ0) is 24.4. The lowest BCUT2D eigenvalue weighted by atomic mass is 9.86. The molecule has 9 heteroatoms. The number of nitrogens with zero attached hydrogens (tertiary/aromatic N) is 4. The summed E-state index contributed by atoms with van der Waals surface area (Å²) in [6.45, 7) is 5.20. The van der Waals surface area contributed by atoms with Gasteiger partial charge in [0, 0.05) is 27.2 Å². The molecule has 35 heavy (non-hydrogen) atoms. The second-order valence-corrected chi connectivity index (χ2v) is 12.4. The van der Waals surface area contributed by atoms with E-state index in [0.29, 0.717) is 16.5 Å². The average Bonchev–Trinajstić information content (AvgIpc) is 3.57. The number of carbonyl (C=O) groups is 1. The van der Waals surface area contributed by atoms with Gasteiger partial charge in [-0.15, -0.1) is 32.9 Å². The van der Waals surface area contributed by atoms with Gasteiger partial charge in [-0.3, -0.25) is 4.79 Å². The monoisotopic (exact) mass is 525 g/mol. The Balaban J connectivity index is 1.30. The molecule has 0 saturated carbocycles. The van der Waals surface area contributed by atoms with Crippen molar-refractivity contribution >= 4 is 45.3 Å². The Labute approximate surface area is 219 Å². The van der Waals surface area contributed by atoms with Crippen LogP contribution in [0, 0.1) is 17.2 Å². The minimum absolute atomic E-state index is 0.0994. The van der Waals surface area contributed by atoms with E-state index in [1.807, 2.05) is 11.3 Å². The van der Waals surface area contributed by atoms with Crippen LogP contribution in [0.15, 0.2) is 10.5 Å². The molecule has 0 spiro atoms. The van der Waals surface area contributed by atoms with Crippen molar-refractivity contribution in [2.45, 2.75) is 83.3 Å². The standard InChI is InChI=1S/C26H31N5OS3/c1-3-11-31-24(20-14-33-21-8-6-5-7-17(20)21)29-30-26(31)34-15-23(32)28-25-19(13-27)18-10-9-16(4-2)12-22(18)35-25/h14,16H,3-12,15H2,1-2H3,(H,28,32). The zero-order valence-corrected chi connectivity index (χ0v) is 22.8. The Bertz CT molecular complexity index is 1260. The van der Waals surface area contributed by atoms with Gasteiger partial charge < -0.3 is 9.88 Å². The number of thiophene rings is 2. The second kappa shape index (κ2) is 10.9. The van der Waals surface area contributed by atoms with Gasteiger partial charge in [0.2, 0.25) is 5.91 Å². The number of hydrogen-bond donors (Lipinski definition) is 1. The molecule has 3 heterocycles. The summed E-state index contributed by atoms with van der Waals surface area (Å²) < 4.78 is 2.17. The molecule has 184 valence electrons. The molecule has 2 aliphatic carbocycles. The maximum atomic E-state index is 12.9. The Morgan fingerprint density at radius 1 is 1.23 bits per heavy atom. The highest BCUT2D eigenvalue weighted by molar-refractivity contribution is 7.99. The van der Waals surface area contributed by atoms with E-state index >= 15 is 0 Å². The van der Waals surface area contributed by atoms with Crippen LogP contribution < -0.4 is 5.32 Å². The SMILES string of the molecule is CCCn1c(SCC(=O)Nc2sc3c(c2C#N)CCC(CC)C3)nnc1-c1csc2c1CCCC2. The first-order valence-electron chi connectivity index (χ1n) is 12.6. The molecule has 2 aliphatic rings. The second-order valence-electron chi connectivity index (χ2n) is 9.39. The van der Waals surface area contributed by atoms with Gasteiger partial charge in [0.05, 0.1) is 11.3 Å². The first-order chi connectivity index (χ1) is 17.1. The average molecular weight is 526 g/mol. The van der Waals surface area contributed by atoms with E-state index in [4.69, 9.17) is 0 Å². The Kier molecular flexibility index (Phi) is 7.61. The molecule has 1 unspecified atom stereocenters. The lowest BCUT2D eigenvalue weighted by Gasteiger charge is -2.20. The third-order valence-electron chi connectivity index (χ3n) is 7.11. The number of thioether (sulfide) groups is 1. The van der Waals surface area contributed by atoms with Crippen LogP contribution in [-0.2, 0) is 37.0 Å². The smallest absolute Gasteiger partial charge is 0.235 e. The Morgan fingerprint density at radius 3 is 2.89 bits per heavy atom. The van der Waals surface area contributed by atoms with Crippen molar-refractivity contribution in [1.29, 1.82) is 5.26 Å². The van der Waals surface area contributed by atoms with Crippen LogP contribution in [0.2, 0.25) is 0 Å². The van der Waals surface area contributed by atoms with E-state index in [1.165, 1.54) is 51.9 Å². The molecule has 0 fully saturated rings. The molecular formula is C26H31N5OS3. The van der Waals surface area contributed by atoms with E-state index < -0.39 is 0 Å². The highest BCUT2D eigenvalue weighted by atomic mass is 32.2. The first kappa shape index (κ1) is 24.5.